The molecule has 7 nitrogen and oxygen atoms in total. The van der Waals surface area contributed by atoms with E-state index in [1.54, 1.807) is 12.1 Å². The van der Waals surface area contributed by atoms with E-state index in [0.29, 0.717) is 5.69 Å². The number of carbonyl (C=O) groups is 2. The van der Waals surface area contributed by atoms with E-state index in [4.69, 9.17) is 0 Å². The normalized spacial score (nSPS) is 14.2. The van der Waals surface area contributed by atoms with Crippen molar-refractivity contribution in [2.45, 2.75) is 19.6 Å². The van der Waals surface area contributed by atoms with Gasteiger partial charge in [-0.05, 0) is 41.0 Å². The summed E-state index contributed by atoms with van der Waals surface area (Å²) in [5, 5.41) is 7.95. The molecule has 0 spiro atoms. The van der Waals surface area contributed by atoms with Gasteiger partial charge in [0.25, 0.3) is 0 Å². The van der Waals surface area contributed by atoms with Crippen molar-refractivity contribution in [3.8, 4) is 0 Å². The number of hydrogen-bond acceptors (Lipinski definition) is 4. The first-order chi connectivity index (χ1) is 17.5. The van der Waals surface area contributed by atoms with Gasteiger partial charge in [-0.1, -0.05) is 54.6 Å². The van der Waals surface area contributed by atoms with Gasteiger partial charge in [0.05, 0.1) is 6.54 Å². The molecule has 1 aliphatic heterocycles. The molecule has 0 saturated carbocycles. The van der Waals surface area contributed by atoms with Crippen molar-refractivity contribution in [1.82, 2.24) is 20.4 Å². The van der Waals surface area contributed by atoms with Crippen LogP contribution in [0, 0.1) is 5.82 Å². The smallest absolute Gasteiger partial charge is 0.315 e. The highest BCUT2D eigenvalue weighted by Crippen LogP contribution is 2.14. The maximum atomic E-state index is 12.9. The van der Waals surface area contributed by atoms with Gasteiger partial charge in [-0.25, -0.2) is 9.18 Å². The number of carbonyl (C=O) groups excluding carboxylic acids is 2. The van der Waals surface area contributed by atoms with Gasteiger partial charge >= 0.3 is 6.03 Å². The zero-order valence-corrected chi connectivity index (χ0v) is 20.3. The molecule has 188 valence electrons. The summed E-state index contributed by atoms with van der Waals surface area (Å²) in [5.41, 5.74) is 4.00. The van der Waals surface area contributed by atoms with E-state index < -0.39 is 6.03 Å². The molecule has 3 aromatic rings. The minimum atomic E-state index is -0.464. The van der Waals surface area contributed by atoms with E-state index in [-0.39, 0.29) is 24.8 Å². The summed E-state index contributed by atoms with van der Waals surface area (Å²) >= 11 is 0. The molecule has 8 heteroatoms. The summed E-state index contributed by atoms with van der Waals surface area (Å²) in [6.45, 7) is 6.13. The minimum absolute atomic E-state index is 0.149. The first-order valence-corrected chi connectivity index (χ1v) is 12.2. The van der Waals surface area contributed by atoms with Crippen molar-refractivity contribution in [2.24, 2.45) is 0 Å². The summed E-state index contributed by atoms with van der Waals surface area (Å²) in [6, 6.07) is 23.8. The average Bonchev–Trinajstić information content (AvgIpc) is 2.90. The molecule has 1 fully saturated rings. The standard InChI is InChI=1S/C28H32FN5O2/c29-25-10-6-22(7-11-25)18-30-28(36)31-19-27(35)32-26-12-8-24(9-13-26)21-34-16-14-33(15-17-34)20-23-4-2-1-3-5-23/h1-13H,14-21H2,(H,32,35)(H2,30,31,36). The van der Waals surface area contributed by atoms with E-state index in [0.717, 1.165) is 44.8 Å². The molecule has 0 radical (unpaired) electrons. The van der Waals surface area contributed by atoms with Gasteiger partial charge in [-0.2, -0.15) is 0 Å². The first kappa shape index (κ1) is 25.3. The van der Waals surface area contributed by atoms with Gasteiger partial charge in [-0.3, -0.25) is 14.6 Å². The number of halogens is 1. The first-order valence-electron chi connectivity index (χ1n) is 12.2. The highest BCUT2D eigenvalue weighted by Gasteiger charge is 2.17. The third-order valence-electron chi connectivity index (χ3n) is 6.13. The van der Waals surface area contributed by atoms with E-state index in [9.17, 15) is 14.0 Å². The van der Waals surface area contributed by atoms with Crippen molar-refractivity contribution in [2.75, 3.05) is 38.0 Å². The average molecular weight is 490 g/mol. The quantitative estimate of drug-likeness (QED) is 0.430. The third kappa shape index (κ3) is 8.18. The molecule has 36 heavy (non-hydrogen) atoms. The molecular formula is C28H32FN5O2. The van der Waals surface area contributed by atoms with E-state index in [1.807, 2.05) is 30.3 Å². The molecule has 0 bridgehead atoms. The van der Waals surface area contributed by atoms with E-state index >= 15 is 0 Å². The lowest BCUT2D eigenvalue weighted by atomic mass is 10.1. The molecule has 0 aliphatic carbocycles. The summed E-state index contributed by atoms with van der Waals surface area (Å²) in [5.74, 6) is -0.639. The van der Waals surface area contributed by atoms with Crippen LogP contribution in [0.4, 0.5) is 14.9 Å². The molecule has 0 aromatic heterocycles. The van der Waals surface area contributed by atoms with Gasteiger partial charge in [0.15, 0.2) is 0 Å². The predicted octanol–water partition coefficient (Wildman–Crippen LogP) is 3.58. The van der Waals surface area contributed by atoms with Gasteiger partial charge < -0.3 is 16.0 Å². The second-order valence-corrected chi connectivity index (χ2v) is 8.95. The van der Waals surface area contributed by atoms with Crippen molar-refractivity contribution in [3.05, 3.63) is 101 Å². The zero-order chi connectivity index (χ0) is 25.2. The fourth-order valence-corrected chi connectivity index (χ4v) is 4.11. The van der Waals surface area contributed by atoms with E-state index in [1.165, 1.54) is 23.3 Å². The van der Waals surface area contributed by atoms with Crippen LogP contribution < -0.4 is 16.0 Å². The molecule has 0 unspecified atom stereocenters. The molecular weight excluding hydrogens is 457 g/mol. The fourth-order valence-electron chi connectivity index (χ4n) is 4.11. The van der Waals surface area contributed by atoms with Crippen LogP contribution in [-0.2, 0) is 24.4 Å². The number of rotatable bonds is 9. The zero-order valence-electron chi connectivity index (χ0n) is 20.3. The third-order valence-corrected chi connectivity index (χ3v) is 6.13. The molecule has 1 aliphatic rings. The molecule has 1 saturated heterocycles. The Labute approximate surface area is 211 Å². The Balaban J connectivity index is 1.13. The fraction of sp³-hybridized carbons (Fsp3) is 0.286. The van der Waals surface area contributed by atoms with Crippen LogP contribution in [0.5, 0.6) is 0 Å². The Morgan fingerprint density at radius 1 is 0.694 bits per heavy atom. The topological polar surface area (TPSA) is 76.7 Å². The predicted molar refractivity (Wildman–Crippen MR) is 139 cm³/mol. The van der Waals surface area contributed by atoms with Crippen molar-refractivity contribution < 1.29 is 14.0 Å². The molecule has 0 atom stereocenters. The second-order valence-electron chi connectivity index (χ2n) is 8.95. The lowest BCUT2D eigenvalue weighted by molar-refractivity contribution is -0.115. The summed E-state index contributed by atoms with van der Waals surface area (Å²) in [4.78, 5) is 29.0. The minimum Gasteiger partial charge on any atom is -0.334 e. The van der Waals surface area contributed by atoms with E-state index in [2.05, 4.69) is 50.0 Å². The lowest BCUT2D eigenvalue weighted by Crippen LogP contribution is -2.45. The number of urea groups is 1. The van der Waals surface area contributed by atoms with Crippen LogP contribution in [0.2, 0.25) is 0 Å². The lowest BCUT2D eigenvalue weighted by Gasteiger charge is -2.34. The maximum Gasteiger partial charge on any atom is 0.315 e. The Bertz CT molecular complexity index is 1110. The van der Waals surface area contributed by atoms with Gasteiger partial charge in [0.1, 0.15) is 5.82 Å². The number of nitrogens with one attached hydrogen (secondary N) is 3. The van der Waals surface area contributed by atoms with Crippen LogP contribution in [0.1, 0.15) is 16.7 Å². The SMILES string of the molecule is O=C(CNC(=O)NCc1ccc(F)cc1)Nc1ccc(CN2CCN(Cc3ccccc3)CC2)cc1. The Morgan fingerprint density at radius 2 is 1.25 bits per heavy atom. The van der Waals surface area contributed by atoms with Crippen LogP contribution in [-0.4, -0.2) is 54.5 Å². The van der Waals surface area contributed by atoms with Crippen LogP contribution in [0.15, 0.2) is 78.9 Å². The largest absolute Gasteiger partial charge is 0.334 e. The van der Waals surface area contributed by atoms with Crippen LogP contribution >= 0.6 is 0 Å². The van der Waals surface area contributed by atoms with Gasteiger partial charge in [0.2, 0.25) is 5.91 Å². The van der Waals surface area contributed by atoms with Crippen molar-refractivity contribution in [3.63, 3.8) is 0 Å². The number of anilines is 1. The highest BCUT2D eigenvalue weighted by atomic mass is 19.1. The molecule has 3 N–H and O–H groups in total. The summed E-state index contributed by atoms with van der Waals surface area (Å²) in [7, 11) is 0. The number of piperazine rings is 1. The molecule has 4 rings (SSSR count). The second kappa shape index (κ2) is 12.8. The number of amides is 3. The Hall–Kier alpha value is -3.75. The molecule has 3 amide bonds. The summed E-state index contributed by atoms with van der Waals surface area (Å²) in [6.07, 6.45) is 0. The van der Waals surface area contributed by atoms with Gasteiger partial charge in [-0.15, -0.1) is 0 Å². The van der Waals surface area contributed by atoms with Crippen molar-refractivity contribution in [1.29, 1.82) is 0 Å². The number of nitrogens with zero attached hydrogens (tertiary/aromatic N) is 2. The monoisotopic (exact) mass is 489 g/mol. The summed E-state index contributed by atoms with van der Waals surface area (Å²) < 4.78 is 12.9. The maximum absolute atomic E-state index is 12.9. The van der Waals surface area contributed by atoms with Crippen LogP contribution in [0.3, 0.4) is 0 Å². The molecule has 1 heterocycles. The Morgan fingerprint density at radius 3 is 1.86 bits per heavy atom. The number of benzene rings is 3. The Kier molecular flexibility index (Phi) is 9.02. The highest BCUT2D eigenvalue weighted by molar-refractivity contribution is 5.94. The molecule has 3 aromatic carbocycles. The van der Waals surface area contributed by atoms with Crippen molar-refractivity contribution >= 4 is 17.6 Å². The number of hydrogen-bond donors (Lipinski definition) is 3. The van der Waals surface area contributed by atoms with Crippen LogP contribution in [0.25, 0.3) is 0 Å². The van der Waals surface area contributed by atoms with Gasteiger partial charge in [0, 0.05) is 51.5 Å².